The predicted molar refractivity (Wildman–Crippen MR) is 70.7 cm³/mol. The summed E-state index contributed by atoms with van der Waals surface area (Å²) in [5, 5.41) is 0. The van der Waals surface area contributed by atoms with E-state index < -0.39 is 0 Å². The van der Waals surface area contributed by atoms with E-state index >= 15 is 0 Å². The van der Waals surface area contributed by atoms with Crippen molar-refractivity contribution in [2.75, 3.05) is 0 Å². The highest BCUT2D eigenvalue weighted by Gasteiger charge is 2.29. The Morgan fingerprint density at radius 2 is 1.38 bits per heavy atom. The highest BCUT2D eigenvalue weighted by Crippen LogP contribution is 2.29. The van der Waals surface area contributed by atoms with E-state index in [9.17, 15) is 0 Å². The minimum atomic E-state index is 0.00642. The maximum absolute atomic E-state index is 4.98. The van der Waals surface area contributed by atoms with Crippen LogP contribution in [0.5, 0.6) is 0 Å². The van der Waals surface area contributed by atoms with Gasteiger partial charge in [-0.1, -0.05) is 41.5 Å². The Bertz CT molecular complexity index is 407. The number of hydrogen-bond donors (Lipinski definition) is 0. The van der Waals surface area contributed by atoms with E-state index in [0.717, 1.165) is 5.71 Å². The number of hydrogen-bond acceptors (Lipinski definition) is 1. The van der Waals surface area contributed by atoms with E-state index in [4.69, 9.17) is 6.42 Å². The van der Waals surface area contributed by atoms with Gasteiger partial charge in [0.25, 0.3) is 0 Å². The summed E-state index contributed by atoms with van der Waals surface area (Å²) in [6.45, 7) is 12.8. The molecule has 0 aliphatic heterocycles. The van der Waals surface area contributed by atoms with Crippen molar-refractivity contribution in [3.05, 3.63) is 0 Å². The van der Waals surface area contributed by atoms with Crippen LogP contribution >= 0.6 is 0 Å². The zero-order chi connectivity index (χ0) is 12.8. The van der Waals surface area contributed by atoms with Crippen molar-refractivity contribution < 1.29 is 0 Å². The van der Waals surface area contributed by atoms with Crippen LogP contribution in [0.4, 0.5) is 0 Å². The fraction of sp³-hybridized carbons (Fsp3) is 0.533. The summed E-state index contributed by atoms with van der Waals surface area (Å²) in [5.74, 6) is 9.80. The number of aliphatic imine (C=N–C) groups is 1. The van der Waals surface area contributed by atoms with Crippen molar-refractivity contribution in [3.63, 3.8) is 0 Å². The van der Waals surface area contributed by atoms with Crippen LogP contribution in [-0.2, 0) is 0 Å². The molecule has 0 spiro atoms. The molecule has 0 saturated carbocycles. The van der Waals surface area contributed by atoms with Crippen LogP contribution in [-0.4, -0.2) is 5.71 Å². The largest absolute Gasteiger partial charge is 0.205 e. The Hall–Kier alpha value is -1.65. The Balaban J connectivity index is 5.16. The number of nitrogens with zero attached hydrogens (tertiary/aromatic N) is 1. The fourth-order valence-corrected chi connectivity index (χ4v) is 1.64. The van der Waals surface area contributed by atoms with E-state index in [1.807, 2.05) is 0 Å². The molecule has 0 rings (SSSR count). The second-order valence-electron chi connectivity index (χ2n) is 5.59. The quantitative estimate of drug-likeness (QED) is 0.433. The van der Waals surface area contributed by atoms with Crippen LogP contribution < -0.4 is 0 Å². The van der Waals surface area contributed by atoms with Gasteiger partial charge in [-0.3, -0.25) is 0 Å². The van der Waals surface area contributed by atoms with Gasteiger partial charge < -0.3 is 0 Å². The molecule has 16 heavy (non-hydrogen) atoms. The third kappa shape index (κ3) is 5.29. The van der Waals surface area contributed by atoms with Gasteiger partial charge in [0, 0.05) is 34.4 Å². The van der Waals surface area contributed by atoms with Crippen molar-refractivity contribution in [3.8, 4) is 36.1 Å². The summed E-state index contributed by atoms with van der Waals surface area (Å²) in [6, 6.07) is 2.70. The Kier molecular flexibility index (Phi) is 4.88. The zero-order valence-corrected chi connectivity index (χ0v) is 11.0. The summed E-state index contributed by atoms with van der Waals surface area (Å²) in [4.78, 5) is 4.32. The van der Waals surface area contributed by atoms with E-state index in [0.29, 0.717) is 0 Å². The normalized spacial score (nSPS) is 10.1. The van der Waals surface area contributed by atoms with Crippen molar-refractivity contribution in [2.45, 2.75) is 41.5 Å². The Morgan fingerprint density at radius 3 is 1.75 bits per heavy atom. The summed E-state index contributed by atoms with van der Waals surface area (Å²) in [7, 11) is 0. The minimum Gasteiger partial charge on any atom is -0.205 e. The van der Waals surface area contributed by atoms with Gasteiger partial charge in [0.1, 0.15) is 0 Å². The Morgan fingerprint density at radius 1 is 0.875 bits per heavy atom. The van der Waals surface area contributed by atoms with Gasteiger partial charge in [-0.15, -0.1) is 6.42 Å². The fourth-order valence-electron chi connectivity index (χ4n) is 1.64. The van der Waals surface area contributed by atoms with Crippen LogP contribution in [0, 0.1) is 47.0 Å². The van der Waals surface area contributed by atoms with Crippen molar-refractivity contribution in [2.24, 2.45) is 15.8 Å². The first-order valence-electron chi connectivity index (χ1n) is 5.24. The molecule has 0 heterocycles. The molecule has 0 aromatic carbocycles. The highest BCUT2D eigenvalue weighted by molar-refractivity contribution is 5.94. The molecule has 1 heteroatoms. The molecule has 0 bridgehead atoms. The van der Waals surface area contributed by atoms with Gasteiger partial charge in [-0.2, -0.15) is 0 Å². The molecule has 1 nitrogen and oxygen atoms in total. The first kappa shape index (κ1) is 14.3. The van der Waals surface area contributed by atoms with Crippen LogP contribution in [0.2, 0.25) is 0 Å². The molecule has 0 radical (unpaired) electrons. The second kappa shape index (κ2) is 5.44. The third-order valence-electron chi connectivity index (χ3n) is 1.84. The molecule has 0 aliphatic carbocycles. The van der Waals surface area contributed by atoms with E-state index in [1.165, 1.54) is 0 Å². The van der Waals surface area contributed by atoms with Crippen LogP contribution in [0.15, 0.2) is 4.99 Å². The highest BCUT2D eigenvalue weighted by atomic mass is 14.7. The Labute approximate surface area is 99.7 Å². The molecular formula is C15H19N. The summed E-state index contributed by atoms with van der Waals surface area (Å²) in [5.41, 5.74) is 1.08. The van der Waals surface area contributed by atoms with Gasteiger partial charge in [-0.25, -0.2) is 4.99 Å². The molecule has 0 aromatic rings. The first-order chi connectivity index (χ1) is 7.19. The van der Waals surface area contributed by atoms with E-state index in [1.54, 1.807) is 0 Å². The standard InChI is InChI=1S/C15H19N/c1-8-9-10-11-12-16-13(14(2,3)4)15(5,6)7/h1H,2-7H3. The SMILES string of the molecule is C#CC#CC#CN=C(C(C)(C)C)C(C)(C)C. The topological polar surface area (TPSA) is 12.4 Å². The van der Waals surface area contributed by atoms with Crippen molar-refractivity contribution >= 4 is 5.71 Å². The lowest BCUT2D eigenvalue weighted by Crippen LogP contribution is -2.32. The average molecular weight is 213 g/mol. The van der Waals surface area contributed by atoms with Gasteiger partial charge in [0.15, 0.2) is 0 Å². The molecule has 0 amide bonds. The second-order valence-corrected chi connectivity index (χ2v) is 5.59. The number of terminal acetylenes is 1. The molecule has 0 aromatic heterocycles. The summed E-state index contributed by atoms with van der Waals surface area (Å²) < 4.78 is 0. The number of rotatable bonds is 0. The molecule has 84 valence electrons. The van der Waals surface area contributed by atoms with Crippen LogP contribution in [0.1, 0.15) is 41.5 Å². The van der Waals surface area contributed by atoms with Gasteiger partial charge in [-0.05, 0) is 11.8 Å². The summed E-state index contributed by atoms with van der Waals surface area (Å²) in [6.07, 6.45) is 4.98. The minimum absolute atomic E-state index is 0.00642. The molecular weight excluding hydrogens is 194 g/mol. The van der Waals surface area contributed by atoms with Crippen LogP contribution in [0.3, 0.4) is 0 Å². The van der Waals surface area contributed by atoms with Gasteiger partial charge in [0.2, 0.25) is 0 Å². The van der Waals surface area contributed by atoms with Gasteiger partial charge in [0.05, 0.1) is 0 Å². The lowest BCUT2D eigenvalue weighted by molar-refractivity contribution is 0.480. The maximum Gasteiger partial charge on any atom is 0.0481 e. The van der Waals surface area contributed by atoms with Crippen molar-refractivity contribution in [1.29, 1.82) is 0 Å². The molecule has 0 N–H and O–H groups in total. The first-order valence-corrected chi connectivity index (χ1v) is 5.24. The lowest BCUT2D eigenvalue weighted by atomic mass is 9.75. The van der Waals surface area contributed by atoms with Gasteiger partial charge >= 0.3 is 0 Å². The van der Waals surface area contributed by atoms with Crippen molar-refractivity contribution in [1.82, 2.24) is 0 Å². The summed E-state index contributed by atoms with van der Waals surface area (Å²) >= 11 is 0. The molecule has 0 atom stereocenters. The molecule has 0 fully saturated rings. The molecule has 0 aliphatic rings. The predicted octanol–water partition coefficient (Wildman–Crippen LogP) is 3.12. The lowest BCUT2D eigenvalue weighted by Gasteiger charge is -2.31. The van der Waals surface area contributed by atoms with E-state index in [-0.39, 0.29) is 10.8 Å². The zero-order valence-electron chi connectivity index (χ0n) is 11.0. The van der Waals surface area contributed by atoms with E-state index in [2.05, 4.69) is 76.3 Å². The molecule has 0 unspecified atom stereocenters. The maximum atomic E-state index is 4.98. The third-order valence-corrected chi connectivity index (χ3v) is 1.84. The smallest absolute Gasteiger partial charge is 0.0481 e. The molecule has 0 saturated heterocycles. The monoisotopic (exact) mass is 213 g/mol. The van der Waals surface area contributed by atoms with Crippen LogP contribution in [0.25, 0.3) is 0 Å². The average Bonchev–Trinajstić information content (AvgIpc) is 2.06.